The Morgan fingerprint density at radius 2 is 2.16 bits per heavy atom. The van der Waals surface area contributed by atoms with E-state index in [4.69, 9.17) is 9.47 Å². The zero-order valence-electron chi connectivity index (χ0n) is 11.4. The number of fused-ring (bicyclic) bond motifs is 1. The first-order valence-electron chi connectivity index (χ1n) is 6.49. The first kappa shape index (κ1) is 13.8. The molecule has 1 aromatic heterocycles. The van der Waals surface area contributed by atoms with Gasteiger partial charge in [-0.15, -0.1) is 0 Å². The zero-order valence-corrected chi connectivity index (χ0v) is 11.4. The SMILES string of the molecule is COCC(C)NCCOc1cnc2ccccc2c1. The molecule has 0 aliphatic carbocycles. The molecule has 0 aliphatic rings. The van der Waals surface area contributed by atoms with Crippen molar-refractivity contribution in [3.63, 3.8) is 0 Å². The Labute approximate surface area is 113 Å². The van der Waals surface area contributed by atoms with Crippen molar-refractivity contribution in [3.8, 4) is 5.75 Å². The van der Waals surface area contributed by atoms with Gasteiger partial charge in [0.1, 0.15) is 12.4 Å². The number of rotatable bonds is 7. The van der Waals surface area contributed by atoms with Gasteiger partial charge >= 0.3 is 0 Å². The van der Waals surface area contributed by atoms with Crippen molar-refractivity contribution < 1.29 is 9.47 Å². The van der Waals surface area contributed by atoms with E-state index in [9.17, 15) is 0 Å². The maximum absolute atomic E-state index is 5.68. The second-order valence-electron chi connectivity index (χ2n) is 4.52. The molecule has 0 saturated heterocycles. The molecule has 1 N–H and O–H groups in total. The summed E-state index contributed by atoms with van der Waals surface area (Å²) in [7, 11) is 1.70. The van der Waals surface area contributed by atoms with E-state index in [1.807, 2.05) is 30.3 Å². The standard InChI is InChI=1S/C15H20N2O2/c1-12(11-18-2)16-7-8-19-14-9-13-5-3-4-6-15(13)17-10-14/h3-6,9-10,12,16H,7-8,11H2,1-2H3. The van der Waals surface area contributed by atoms with Crippen LogP contribution in [0.1, 0.15) is 6.92 Å². The fraction of sp³-hybridized carbons (Fsp3) is 0.400. The number of pyridine rings is 1. The summed E-state index contributed by atoms with van der Waals surface area (Å²) in [6.07, 6.45) is 1.76. The molecule has 1 unspecified atom stereocenters. The third-order valence-electron chi connectivity index (χ3n) is 2.85. The lowest BCUT2D eigenvalue weighted by molar-refractivity contribution is 0.169. The van der Waals surface area contributed by atoms with E-state index in [0.29, 0.717) is 19.3 Å². The highest BCUT2D eigenvalue weighted by atomic mass is 16.5. The Balaban J connectivity index is 1.81. The van der Waals surface area contributed by atoms with Gasteiger partial charge in [0.25, 0.3) is 0 Å². The molecule has 0 amide bonds. The second kappa shape index (κ2) is 7.07. The predicted molar refractivity (Wildman–Crippen MR) is 76.6 cm³/mol. The van der Waals surface area contributed by atoms with Crippen LogP contribution in [0.4, 0.5) is 0 Å². The quantitative estimate of drug-likeness (QED) is 0.775. The minimum absolute atomic E-state index is 0.336. The number of aromatic nitrogens is 1. The first-order valence-corrected chi connectivity index (χ1v) is 6.49. The Morgan fingerprint density at radius 3 is 3.00 bits per heavy atom. The average Bonchev–Trinajstić information content (AvgIpc) is 2.44. The summed E-state index contributed by atoms with van der Waals surface area (Å²) >= 11 is 0. The van der Waals surface area contributed by atoms with Gasteiger partial charge in [0.05, 0.1) is 18.3 Å². The molecule has 4 nitrogen and oxygen atoms in total. The van der Waals surface area contributed by atoms with E-state index < -0.39 is 0 Å². The maximum Gasteiger partial charge on any atom is 0.138 e. The number of nitrogens with zero attached hydrogens (tertiary/aromatic N) is 1. The lowest BCUT2D eigenvalue weighted by Crippen LogP contribution is -2.33. The van der Waals surface area contributed by atoms with Crippen LogP contribution in [0.5, 0.6) is 5.75 Å². The number of para-hydroxylation sites is 1. The second-order valence-corrected chi connectivity index (χ2v) is 4.52. The van der Waals surface area contributed by atoms with Crippen LogP contribution >= 0.6 is 0 Å². The molecular weight excluding hydrogens is 240 g/mol. The average molecular weight is 260 g/mol. The van der Waals surface area contributed by atoms with E-state index in [2.05, 4.69) is 17.2 Å². The van der Waals surface area contributed by atoms with Crippen molar-refractivity contribution in [2.24, 2.45) is 0 Å². The van der Waals surface area contributed by atoms with Gasteiger partial charge in [0.2, 0.25) is 0 Å². The lowest BCUT2D eigenvalue weighted by Gasteiger charge is -2.13. The van der Waals surface area contributed by atoms with Crippen molar-refractivity contribution in [3.05, 3.63) is 36.5 Å². The number of methoxy groups -OCH3 is 1. The van der Waals surface area contributed by atoms with E-state index in [1.165, 1.54) is 0 Å². The third kappa shape index (κ3) is 4.19. The molecule has 4 heteroatoms. The highest BCUT2D eigenvalue weighted by Gasteiger charge is 2.01. The third-order valence-corrected chi connectivity index (χ3v) is 2.85. The van der Waals surface area contributed by atoms with Gasteiger partial charge in [-0.25, -0.2) is 0 Å². The summed E-state index contributed by atoms with van der Waals surface area (Å²) in [5.74, 6) is 0.805. The van der Waals surface area contributed by atoms with Crippen molar-refractivity contribution in [1.82, 2.24) is 10.3 Å². The topological polar surface area (TPSA) is 43.4 Å². The Bertz CT molecular complexity index is 516. The van der Waals surface area contributed by atoms with Crippen molar-refractivity contribution >= 4 is 10.9 Å². The highest BCUT2D eigenvalue weighted by molar-refractivity contribution is 5.79. The summed E-state index contributed by atoms with van der Waals surface area (Å²) in [6.45, 7) is 4.20. The van der Waals surface area contributed by atoms with Gasteiger partial charge in [0, 0.05) is 25.1 Å². The van der Waals surface area contributed by atoms with Crippen LogP contribution in [0.3, 0.4) is 0 Å². The maximum atomic E-state index is 5.68. The number of hydrogen-bond donors (Lipinski definition) is 1. The van der Waals surface area contributed by atoms with E-state index >= 15 is 0 Å². The number of hydrogen-bond acceptors (Lipinski definition) is 4. The van der Waals surface area contributed by atoms with Crippen molar-refractivity contribution in [2.75, 3.05) is 26.9 Å². The molecule has 102 valence electrons. The molecule has 0 radical (unpaired) electrons. The summed E-state index contributed by atoms with van der Waals surface area (Å²) in [5, 5.41) is 4.42. The van der Waals surface area contributed by atoms with Crippen LogP contribution in [0.15, 0.2) is 36.5 Å². The normalized spacial score (nSPS) is 12.5. The lowest BCUT2D eigenvalue weighted by atomic mass is 10.2. The Hall–Kier alpha value is -1.65. The first-order chi connectivity index (χ1) is 9.29. The largest absolute Gasteiger partial charge is 0.491 e. The molecule has 0 spiro atoms. The van der Waals surface area contributed by atoms with Crippen LogP contribution in [-0.4, -0.2) is 37.9 Å². The van der Waals surface area contributed by atoms with Crippen LogP contribution in [-0.2, 0) is 4.74 Å². The molecule has 2 aromatic rings. The smallest absolute Gasteiger partial charge is 0.138 e. The molecule has 0 aliphatic heterocycles. The van der Waals surface area contributed by atoms with E-state index in [1.54, 1.807) is 13.3 Å². The van der Waals surface area contributed by atoms with Crippen molar-refractivity contribution in [2.45, 2.75) is 13.0 Å². The molecule has 0 fully saturated rings. The Kier molecular flexibility index (Phi) is 5.12. The van der Waals surface area contributed by atoms with E-state index in [-0.39, 0.29) is 0 Å². The number of benzene rings is 1. The minimum Gasteiger partial charge on any atom is -0.491 e. The van der Waals surface area contributed by atoms with Crippen LogP contribution in [0, 0.1) is 0 Å². The fourth-order valence-electron chi connectivity index (χ4n) is 1.91. The van der Waals surface area contributed by atoms with Crippen LogP contribution in [0.25, 0.3) is 10.9 Å². The van der Waals surface area contributed by atoms with Crippen LogP contribution in [0.2, 0.25) is 0 Å². The predicted octanol–water partition coefficient (Wildman–Crippen LogP) is 2.24. The van der Waals surface area contributed by atoms with Gasteiger partial charge in [-0.05, 0) is 19.1 Å². The Morgan fingerprint density at radius 1 is 1.32 bits per heavy atom. The van der Waals surface area contributed by atoms with Gasteiger partial charge < -0.3 is 14.8 Å². The molecule has 19 heavy (non-hydrogen) atoms. The molecular formula is C15H20N2O2. The molecule has 0 saturated carbocycles. The summed E-state index contributed by atoms with van der Waals surface area (Å²) in [5.41, 5.74) is 0.988. The summed E-state index contributed by atoms with van der Waals surface area (Å²) in [6, 6.07) is 10.4. The van der Waals surface area contributed by atoms with Gasteiger partial charge in [-0.3, -0.25) is 4.98 Å². The van der Waals surface area contributed by atoms with Crippen LogP contribution < -0.4 is 10.1 Å². The minimum atomic E-state index is 0.336. The monoisotopic (exact) mass is 260 g/mol. The molecule has 1 heterocycles. The van der Waals surface area contributed by atoms with Gasteiger partial charge in [-0.2, -0.15) is 0 Å². The molecule has 1 atom stereocenters. The molecule has 0 bridgehead atoms. The number of ether oxygens (including phenoxy) is 2. The van der Waals surface area contributed by atoms with Gasteiger partial charge in [0.15, 0.2) is 0 Å². The van der Waals surface area contributed by atoms with Crippen molar-refractivity contribution in [1.29, 1.82) is 0 Å². The van der Waals surface area contributed by atoms with Gasteiger partial charge in [-0.1, -0.05) is 18.2 Å². The number of nitrogens with one attached hydrogen (secondary N) is 1. The summed E-state index contributed by atoms with van der Waals surface area (Å²) in [4.78, 5) is 4.36. The summed E-state index contributed by atoms with van der Waals surface area (Å²) < 4.78 is 10.7. The highest BCUT2D eigenvalue weighted by Crippen LogP contribution is 2.17. The zero-order chi connectivity index (χ0) is 13.5. The molecule has 2 rings (SSSR count). The molecule has 1 aromatic carbocycles. The fourth-order valence-corrected chi connectivity index (χ4v) is 1.91. The van der Waals surface area contributed by atoms with E-state index in [0.717, 1.165) is 23.2 Å².